The molecule has 0 amide bonds. The van der Waals surface area contributed by atoms with Crippen molar-refractivity contribution < 1.29 is 8.78 Å². The molecule has 0 aromatic heterocycles. The van der Waals surface area contributed by atoms with Gasteiger partial charge >= 0.3 is 0 Å². The summed E-state index contributed by atoms with van der Waals surface area (Å²) in [5, 5.41) is 3.31. The average Bonchev–Trinajstić information content (AvgIpc) is 2.43. The van der Waals surface area contributed by atoms with Crippen LogP contribution in [0.25, 0.3) is 0 Å². The van der Waals surface area contributed by atoms with Gasteiger partial charge in [0.2, 0.25) is 0 Å². The van der Waals surface area contributed by atoms with E-state index in [1.54, 1.807) is 31.3 Å². The van der Waals surface area contributed by atoms with E-state index >= 15 is 0 Å². The van der Waals surface area contributed by atoms with Crippen molar-refractivity contribution in [3.8, 4) is 0 Å². The lowest BCUT2D eigenvalue weighted by atomic mass is 9.99. The van der Waals surface area contributed by atoms with E-state index in [9.17, 15) is 8.78 Å². The molecule has 1 nitrogen and oxygen atoms in total. The molecule has 0 saturated carbocycles. The summed E-state index contributed by atoms with van der Waals surface area (Å²) in [5.41, 5.74) is 1.75. The molecule has 2 rings (SSSR count). The molecule has 0 saturated heterocycles. The van der Waals surface area contributed by atoms with Crippen molar-refractivity contribution in [2.24, 2.45) is 0 Å². The van der Waals surface area contributed by atoms with Crippen molar-refractivity contribution in [1.82, 2.24) is 5.32 Å². The average molecular weight is 316 g/mol. The SMILES string of the molecule is CNC(Cc1ccc(F)c(Cl)c1)c1ccc(F)c(Cl)c1. The van der Waals surface area contributed by atoms with Gasteiger partial charge in [-0.25, -0.2) is 8.78 Å². The van der Waals surface area contributed by atoms with E-state index in [4.69, 9.17) is 23.2 Å². The zero-order valence-corrected chi connectivity index (χ0v) is 12.3. The van der Waals surface area contributed by atoms with Gasteiger partial charge in [-0.3, -0.25) is 0 Å². The molecule has 20 heavy (non-hydrogen) atoms. The van der Waals surface area contributed by atoms with Crippen molar-refractivity contribution in [2.75, 3.05) is 7.05 Å². The quantitative estimate of drug-likeness (QED) is 0.856. The van der Waals surface area contributed by atoms with E-state index in [1.807, 2.05) is 0 Å². The molecule has 2 aromatic rings. The van der Waals surface area contributed by atoms with Crippen LogP contribution in [0.4, 0.5) is 8.78 Å². The second-order valence-corrected chi connectivity index (χ2v) is 5.28. The van der Waals surface area contributed by atoms with E-state index in [0.29, 0.717) is 6.42 Å². The zero-order chi connectivity index (χ0) is 14.7. The molecule has 0 aliphatic heterocycles. The first-order chi connectivity index (χ1) is 9.51. The Morgan fingerprint density at radius 2 is 1.60 bits per heavy atom. The summed E-state index contributed by atoms with van der Waals surface area (Å²) in [6.45, 7) is 0. The van der Waals surface area contributed by atoms with Crippen molar-refractivity contribution >= 4 is 23.2 Å². The van der Waals surface area contributed by atoms with Crippen LogP contribution in [-0.4, -0.2) is 7.05 Å². The maximum atomic E-state index is 13.2. The lowest BCUT2D eigenvalue weighted by Gasteiger charge is -2.17. The number of hydrogen-bond acceptors (Lipinski definition) is 1. The van der Waals surface area contributed by atoms with Gasteiger partial charge in [0.25, 0.3) is 0 Å². The molecule has 0 aliphatic rings. The Kier molecular flexibility index (Phi) is 4.97. The van der Waals surface area contributed by atoms with Gasteiger partial charge in [-0.2, -0.15) is 0 Å². The van der Waals surface area contributed by atoms with E-state index in [2.05, 4.69) is 5.32 Å². The van der Waals surface area contributed by atoms with Crippen molar-refractivity contribution in [2.45, 2.75) is 12.5 Å². The molecule has 106 valence electrons. The first kappa shape index (κ1) is 15.2. The maximum Gasteiger partial charge on any atom is 0.141 e. The van der Waals surface area contributed by atoms with Gasteiger partial charge in [0, 0.05) is 6.04 Å². The molecular formula is C15H13Cl2F2N. The third-order valence-corrected chi connectivity index (χ3v) is 3.70. The van der Waals surface area contributed by atoms with Crippen LogP contribution in [-0.2, 0) is 6.42 Å². The van der Waals surface area contributed by atoms with Crippen LogP contribution in [0.1, 0.15) is 17.2 Å². The molecule has 1 N–H and O–H groups in total. The summed E-state index contributed by atoms with van der Waals surface area (Å²) in [6.07, 6.45) is 0.596. The normalized spacial score (nSPS) is 12.4. The zero-order valence-electron chi connectivity index (χ0n) is 10.8. The topological polar surface area (TPSA) is 12.0 Å². The van der Waals surface area contributed by atoms with Crippen LogP contribution >= 0.6 is 23.2 Å². The first-order valence-electron chi connectivity index (χ1n) is 6.07. The highest BCUT2D eigenvalue weighted by molar-refractivity contribution is 6.31. The molecule has 2 aromatic carbocycles. The fourth-order valence-electron chi connectivity index (χ4n) is 2.02. The van der Waals surface area contributed by atoms with Gasteiger partial charge in [-0.15, -0.1) is 0 Å². The summed E-state index contributed by atoms with van der Waals surface area (Å²) >= 11 is 11.6. The second-order valence-electron chi connectivity index (χ2n) is 4.47. The fraction of sp³-hybridized carbons (Fsp3) is 0.200. The summed E-state index contributed by atoms with van der Waals surface area (Å²) in [6, 6.07) is 9.14. The molecule has 0 bridgehead atoms. The minimum absolute atomic E-state index is 0.0605. The molecule has 0 radical (unpaired) electrons. The molecule has 1 atom stereocenters. The van der Waals surface area contributed by atoms with E-state index in [1.165, 1.54) is 12.1 Å². The molecule has 5 heteroatoms. The Labute approximate surface area is 126 Å². The molecule has 1 unspecified atom stereocenters. The van der Waals surface area contributed by atoms with E-state index < -0.39 is 11.6 Å². The van der Waals surface area contributed by atoms with Gasteiger partial charge in [0.1, 0.15) is 11.6 Å². The molecule has 0 aliphatic carbocycles. The monoisotopic (exact) mass is 315 g/mol. The van der Waals surface area contributed by atoms with Gasteiger partial charge in [0.15, 0.2) is 0 Å². The molecule has 0 spiro atoms. The third-order valence-electron chi connectivity index (χ3n) is 3.12. The van der Waals surface area contributed by atoms with E-state index in [0.717, 1.165) is 11.1 Å². The Morgan fingerprint density at radius 3 is 2.15 bits per heavy atom. The number of halogens is 4. The van der Waals surface area contributed by atoms with Crippen molar-refractivity contribution in [3.63, 3.8) is 0 Å². The van der Waals surface area contributed by atoms with Crippen molar-refractivity contribution in [1.29, 1.82) is 0 Å². The predicted octanol–water partition coefficient (Wildman–Crippen LogP) is 4.77. The van der Waals surface area contributed by atoms with E-state index in [-0.39, 0.29) is 16.1 Å². The maximum absolute atomic E-state index is 13.2. The van der Waals surface area contributed by atoms with Crippen LogP contribution in [0, 0.1) is 11.6 Å². The Balaban J connectivity index is 2.23. The first-order valence-corrected chi connectivity index (χ1v) is 6.83. The Bertz CT molecular complexity index is 617. The molecule has 0 fully saturated rings. The fourth-order valence-corrected chi connectivity index (χ4v) is 2.41. The smallest absolute Gasteiger partial charge is 0.141 e. The van der Waals surface area contributed by atoms with Gasteiger partial charge in [-0.1, -0.05) is 35.3 Å². The van der Waals surface area contributed by atoms with Gasteiger partial charge in [0.05, 0.1) is 10.0 Å². The van der Waals surface area contributed by atoms with Crippen LogP contribution in [0.5, 0.6) is 0 Å². The number of rotatable bonds is 4. The van der Waals surface area contributed by atoms with Crippen molar-refractivity contribution in [3.05, 3.63) is 69.2 Å². The number of benzene rings is 2. The lowest BCUT2D eigenvalue weighted by molar-refractivity contribution is 0.583. The standard InChI is InChI=1S/C15H13Cl2F2N/c1-20-15(10-3-5-14(19)12(17)8-10)7-9-2-4-13(18)11(16)6-9/h2-6,8,15,20H,7H2,1H3. The predicted molar refractivity (Wildman–Crippen MR) is 78.3 cm³/mol. The minimum Gasteiger partial charge on any atom is -0.313 e. The summed E-state index contributed by atoms with van der Waals surface area (Å²) in [7, 11) is 1.80. The van der Waals surface area contributed by atoms with Crippen LogP contribution in [0.15, 0.2) is 36.4 Å². The largest absolute Gasteiger partial charge is 0.313 e. The summed E-state index contributed by atoms with van der Waals surface area (Å²) in [4.78, 5) is 0. The van der Waals surface area contributed by atoms with Gasteiger partial charge in [-0.05, 0) is 48.9 Å². The highest BCUT2D eigenvalue weighted by Gasteiger charge is 2.13. The number of nitrogens with one attached hydrogen (secondary N) is 1. The number of hydrogen-bond donors (Lipinski definition) is 1. The summed E-state index contributed by atoms with van der Waals surface area (Å²) in [5.74, 6) is -0.892. The minimum atomic E-state index is -0.449. The van der Waals surface area contributed by atoms with Gasteiger partial charge < -0.3 is 5.32 Å². The van der Waals surface area contributed by atoms with Crippen LogP contribution < -0.4 is 5.32 Å². The lowest BCUT2D eigenvalue weighted by Crippen LogP contribution is -2.19. The third kappa shape index (κ3) is 3.48. The second kappa shape index (κ2) is 6.53. The van der Waals surface area contributed by atoms with Crippen LogP contribution in [0.3, 0.4) is 0 Å². The number of likely N-dealkylation sites (N-methyl/N-ethyl adjacent to an activating group) is 1. The Hall–Kier alpha value is -1.16. The Morgan fingerprint density at radius 1 is 1.00 bits per heavy atom. The summed E-state index contributed by atoms with van der Waals surface area (Å²) < 4.78 is 26.3. The molecular weight excluding hydrogens is 303 g/mol. The highest BCUT2D eigenvalue weighted by Crippen LogP contribution is 2.25. The molecule has 0 heterocycles. The highest BCUT2D eigenvalue weighted by atomic mass is 35.5. The van der Waals surface area contributed by atoms with Crippen LogP contribution in [0.2, 0.25) is 10.0 Å².